The number of benzene rings is 1. The summed E-state index contributed by atoms with van der Waals surface area (Å²) in [5.41, 5.74) is 1.04. The molecule has 0 amide bonds. The average molecular weight is 248 g/mol. The third kappa shape index (κ3) is 3.44. The van der Waals surface area contributed by atoms with Crippen molar-refractivity contribution in [3.8, 4) is 6.07 Å². The summed E-state index contributed by atoms with van der Waals surface area (Å²) in [5.74, 6) is -0.382. The Labute approximate surface area is 107 Å². The van der Waals surface area contributed by atoms with Crippen LogP contribution in [0.25, 0.3) is 0 Å². The topological polar surface area (TPSA) is 45.0 Å². The maximum Gasteiger partial charge on any atom is 0.124 e. The minimum atomic E-state index is -0.382. The lowest BCUT2D eigenvalue weighted by Gasteiger charge is -2.22. The molecule has 0 aliphatic carbocycles. The normalized spacial score (nSPS) is 19.2. The molecule has 2 rings (SSSR count). The second-order valence-corrected chi connectivity index (χ2v) is 4.51. The molecule has 96 valence electrons. The molecule has 1 unspecified atom stereocenters. The minimum absolute atomic E-state index is 0.317. The van der Waals surface area contributed by atoms with Crippen molar-refractivity contribution in [3.63, 3.8) is 0 Å². The van der Waals surface area contributed by atoms with Gasteiger partial charge in [0.1, 0.15) is 11.9 Å². The van der Waals surface area contributed by atoms with E-state index in [2.05, 4.69) is 5.32 Å². The first-order valence-electron chi connectivity index (χ1n) is 6.35. The summed E-state index contributed by atoms with van der Waals surface area (Å²) in [6, 6.07) is 6.21. The van der Waals surface area contributed by atoms with Crippen LogP contribution in [0.3, 0.4) is 0 Å². The van der Waals surface area contributed by atoms with E-state index in [9.17, 15) is 4.39 Å². The number of nitriles is 1. The molecule has 1 saturated heterocycles. The van der Waals surface area contributed by atoms with Crippen LogP contribution in [0.1, 0.15) is 31.2 Å². The summed E-state index contributed by atoms with van der Waals surface area (Å²) in [7, 11) is 0. The van der Waals surface area contributed by atoms with Crippen molar-refractivity contribution in [2.45, 2.75) is 31.8 Å². The highest BCUT2D eigenvalue weighted by Crippen LogP contribution is 2.18. The number of nitrogens with zero attached hydrogens (tertiary/aromatic N) is 1. The molecule has 4 heteroatoms. The van der Waals surface area contributed by atoms with Gasteiger partial charge in [0, 0.05) is 13.2 Å². The lowest BCUT2D eigenvalue weighted by molar-refractivity contribution is 0.0134. The van der Waals surface area contributed by atoms with E-state index < -0.39 is 0 Å². The molecule has 18 heavy (non-hydrogen) atoms. The highest BCUT2D eigenvalue weighted by atomic mass is 19.1. The minimum Gasteiger partial charge on any atom is -0.384 e. The molecule has 0 spiro atoms. The molecule has 1 aliphatic rings. The van der Waals surface area contributed by atoms with Crippen molar-refractivity contribution in [1.82, 2.24) is 0 Å². The molecule has 0 radical (unpaired) electrons. The molecule has 1 atom stereocenters. The van der Waals surface area contributed by atoms with Crippen LogP contribution < -0.4 is 5.32 Å². The fourth-order valence-electron chi connectivity index (χ4n) is 2.17. The van der Waals surface area contributed by atoms with E-state index >= 15 is 0 Å². The first-order valence-corrected chi connectivity index (χ1v) is 6.35. The Morgan fingerprint density at radius 3 is 3.06 bits per heavy atom. The van der Waals surface area contributed by atoms with Gasteiger partial charge in [-0.3, -0.25) is 0 Å². The van der Waals surface area contributed by atoms with E-state index in [1.165, 1.54) is 18.6 Å². The van der Waals surface area contributed by atoms with Gasteiger partial charge >= 0.3 is 0 Å². The lowest BCUT2D eigenvalue weighted by Crippen LogP contribution is -2.22. The number of halogens is 1. The number of ether oxygens (including phenoxy) is 1. The second kappa shape index (κ2) is 6.36. The predicted octanol–water partition coefficient (Wildman–Crippen LogP) is 3.07. The number of nitrogens with one attached hydrogen (secondary N) is 1. The molecule has 1 heterocycles. The summed E-state index contributed by atoms with van der Waals surface area (Å²) in [5, 5.41) is 12.1. The molecule has 0 aromatic heterocycles. The maximum absolute atomic E-state index is 12.9. The molecule has 1 N–H and O–H groups in total. The monoisotopic (exact) mass is 248 g/mol. The smallest absolute Gasteiger partial charge is 0.124 e. The first kappa shape index (κ1) is 12.8. The summed E-state index contributed by atoms with van der Waals surface area (Å²) < 4.78 is 18.6. The van der Waals surface area contributed by atoms with Gasteiger partial charge in [-0.05, 0) is 43.9 Å². The quantitative estimate of drug-likeness (QED) is 0.890. The predicted molar refractivity (Wildman–Crippen MR) is 67.8 cm³/mol. The zero-order valence-electron chi connectivity index (χ0n) is 10.3. The van der Waals surface area contributed by atoms with Gasteiger partial charge in [0.25, 0.3) is 0 Å². The standard InChI is InChI=1S/C14H17FN2O/c15-12-4-5-14(11(9-12)10-16)17-7-6-13-3-1-2-8-18-13/h4-5,9,13,17H,1-3,6-8H2. The van der Waals surface area contributed by atoms with Crippen LogP contribution in [-0.4, -0.2) is 19.3 Å². The number of anilines is 1. The Morgan fingerprint density at radius 1 is 1.44 bits per heavy atom. The number of rotatable bonds is 4. The third-order valence-electron chi connectivity index (χ3n) is 3.16. The van der Waals surface area contributed by atoms with E-state index in [0.29, 0.717) is 17.4 Å². The van der Waals surface area contributed by atoms with E-state index in [1.54, 1.807) is 6.07 Å². The van der Waals surface area contributed by atoms with Crippen molar-refractivity contribution in [2.24, 2.45) is 0 Å². The van der Waals surface area contributed by atoms with Gasteiger partial charge in [-0.1, -0.05) is 0 Å². The van der Waals surface area contributed by atoms with Gasteiger partial charge in [0.05, 0.1) is 17.4 Å². The highest BCUT2D eigenvalue weighted by molar-refractivity contribution is 5.57. The van der Waals surface area contributed by atoms with Gasteiger partial charge in [-0.2, -0.15) is 5.26 Å². The van der Waals surface area contributed by atoms with Crippen molar-refractivity contribution in [2.75, 3.05) is 18.5 Å². The Hall–Kier alpha value is -1.60. The molecule has 0 saturated carbocycles. The molecular weight excluding hydrogens is 231 g/mol. The summed E-state index contributed by atoms with van der Waals surface area (Å²) in [4.78, 5) is 0. The molecule has 1 aliphatic heterocycles. The fourth-order valence-corrected chi connectivity index (χ4v) is 2.17. The van der Waals surface area contributed by atoms with Crippen LogP contribution in [0.2, 0.25) is 0 Å². The second-order valence-electron chi connectivity index (χ2n) is 4.51. The highest BCUT2D eigenvalue weighted by Gasteiger charge is 2.13. The first-order chi connectivity index (χ1) is 8.79. The molecular formula is C14H17FN2O. The maximum atomic E-state index is 12.9. The SMILES string of the molecule is N#Cc1cc(F)ccc1NCCC1CCCCO1. The largest absolute Gasteiger partial charge is 0.384 e. The molecule has 1 aromatic rings. The lowest BCUT2D eigenvalue weighted by atomic mass is 10.1. The van der Waals surface area contributed by atoms with E-state index in [-0.39, 0.29) is 5.82 Å². The molecule has 1 fully saturated rings. The van der Waals surface area contributed by atoms with Gasteiger partial charge in [0.2, 0.25) is 0 Å². The van der Waals surface area contributed by atoms with Gasteiger partial charge in [-0.25, -0.2) is 4.39 Å². The molecule has 1 aromatic carbocycles. The number of hydrogen-bond donors (Lipinski definition) is 1. The average Bonchev–Trinajstić information content (AvgIpc) is 2.41. The van der Waals surface area contributed by atoms with Crippen LogP contribution in [0, 0.1) is 17.1 Å². The summed E-state index contributed by atoms with van der Waals surface area (Å²) in [6.45, 7) is 1.59. The number of hydrogen-bond acceptors (Lipinski definition) is 3. The zero-order valence-corrected chi connectivity index (χ0v) is 10.3. The van der Waals surface area contributed by atoms with Crippen LogP contribution in [0.5, 0.6) is 0 Å². The summed E-state index contributed by atoms with van der Waals surface area (Å²) >= 11 is 0. The van der Waals surface area contributed by atoms with Gasteiger partial charge in [0.15, 0.2) is 0 Å². The van der Waals surface area contributed by atoms with Crippen LogP contribution in [-0.2, 0) is 4.74 Å². The molecule has 3 nitrogen and oxygen atoms in total. The van der Waals surface area contributed by atoms with Gasteiger partial charge < -0.3 is 10.1 Å². The Bertz CT molecular complexity index is 436. The van der Waals surface area contributed by atoms with Gasteiger partial charge in [-0.15, -0.1) is 0 Å². The van der Waals surface area contributed by atoms with Crippen LogP contribution in [0.4, 0.5) is 10.1 Å². The van der Waals surface area contributed by atoms with Crippen molar-refractivity contribution >= 4 is 5.69 Å². The van der Waals surface area contributed by atoms with Crippen molar-refractivity contribution < 1.29 is 9.13 Å². The van der Waals surface area contributed by atoms with E-state index in [1.807, 2.05) is 6.07 Å². The summed E-state index contributed by atoms with van der Waals surface area (Å²) in [6.07, 6.45) is 4.72. The van der Waals surface area contributed by atoms with E-state index in [0.717, 1.165) is 32.4 Å². The fraction of sp³-hybridized carbons (Fsp3) is 0.500. The van der Waals surface area contributed by atoms with Crippen molar-refractivity contribution in [1.29, 1.82) is 5.26 Å². The van der Waals surface area contributed by atoms with E-state index in [4.69, 9.17) is 10.00 Å². The third-order valence-corrected chi connectivity index (χ3v) is 3.16. The Balaban J connectivity index is 1.84. The van der Waals surface area contributed by atoms with Crippen LogP contribution in [0.15, 0.2) is 18.2 Å². The van der Waals surface area contributed by atoms with Crippen molar-refractivity contribution in [3.05, 3.63) is 29.6 Å². The Kier molecular flexibility index (Phi) is 4.54. The zero-order chi connectivity index (χ0) is 12.8. The molecule has 0 bridgehead atoms. The Morgan fingerprint density at radius 2 is 2.33 bits per heavy atom. The van der Waals surface area contributed by atoms with Crippen LogP contribution >= 0.6 is 0 Å².